The van der Waals surface area contributed by atoms with Crippen LogP contribution in [0, 0.1) is 0 Å². The molecule has 24 heavy (non-hydrogen) atoms. The number of thioether (sulfide) groups is 1. The molecule has 0 aliphatic rings. The van der Waals surface area contributed by atoms with Crippen molar-refractivity contribution in [2.24, 2.45) is 0 Å². The Morgan fingerprint density at radius 3 is 2.71 bits per heavy atom. The molecular weight excluding hydrogens is 342 g/mol. The molecule has 0 spiro atoms. The Bertz CT molecular complexity index is 863. The van der Waals surface area contributed by atoms with Gasteiger partial charge in [0.05, 0.1) is 16.8 Å². The molecule has 0 saturated heterocycles. The lowest BCUT2D eigenvalue weighted by atomic mass is 10.0. The second-order valence-electron chi connectivity index (χ2n) is 5.35. The number of aromatic nitrogens is 1. The second-order valence-corrected chi connectivity index (χ2v) is 8.05. The molecule has 1 aromatic heterocycles. The van der Waals surface area contributed by atoms with E-state index in [1.807, 2.05) is 55.5 Å². The van der Waals surface area contributed by atoms with Gasteiger partial charge in [-0.15, -0.1) is 11.3 Å². The van der Waals surface area contributed by atoms with Crippen LogP contribution in [0.5, 0.6) is 5.75 Å². The first kappa shape index (κ1) is 16.8. The average Bonchev–Trinajstić information content (AvgIpc) is 2.97. The number of carbonyl (C=O) groups is 1. The van der Waals surface area contributed by atoms with Gasteiger partial charge in [0.25, 0.3) is 0 Å². The summed E-state index contributed by atoms with van der Waals surface area (Å²) >= 11 is 2.75. The van der Waals surface area contributed by atoms with Crippen LogP contribution in [0.15, 0.2) is 52.9 Å². The fourth-order valence-corrected chi connectivity index (χ4v) is 4.84. The second kappa shape index (κ2) is 6.83. The third-order valence-corrected chi connectivity index (χ3v) is 6.07. The van der Waals surface area contributed by atoms with Crippen LogP contribution in [0.25, 0.3) is 10.2 Å². The highest BCUT2D eigenvalue weighted by Crippen LogP contribution is 2.44. The van der Waals surface area contributed by atoms with Gasteiger partial charge in [-0.1, -0.05) is 42.1 Å². The van der Waals surface area contributed by atoms with Gasteiger partial charge in [0.2, 0.25) is 0 Å². The van der Waals surface area contributed by atoms with Crippen molar-refractivity contribution in [2.75, 3.05) is 6.61 Å². The summed E-state index contributed by atoms with van der Waals surface area (Å²) in [5.41, 5.74) is 1.60. The highest BCUT2D eigenvalue weighted by molar-refractivity contribution is 8.02. The minimum Gasteiger partial charge on any atom is -0.494 e. The number of benzene rings is 2. The van der Waals surface area contributed by atoms with Gasteiger partial charge in [-0.2, -0.15) is 0 Å². The van der Waals surface area contributed by atoms with Crippen molar-refractivity contribution in [3.8, 4) is 5.75 Å². The lowest BCUT2D eigenvalue weighted by molar-refractivity contribution is -0.139. The van der Waals surface area contributed by atoms with E-state index < -0.39 is 10.7 Å². The van der Waals surface area contributed by atoms with Crippen LogP contribution < -0.4 is 4.74 Å². The summed E-state index contributed by atoms with van der Waals surface area (Å²) in [6, 6.07) is 15.0. The number of rotatable bonds is 6. The van der Waals surface area contributed by atoms with E-state index in [2.05, 4.69) is 4.98 Å². The molecule has 3 aromatic rings. The number of thiazole rings is 1. The molecule has 0 saturated carbocycles. The van der Waals surface area contributed by atoms with Gasteiger partial charge >= 0.3 is 5.97 Å². The largest absolute Gasteiger partial charge is 0.494 e. The maximum atomic E-state index is 11.9. The molecule has 6 heteroatoms. The minimum absolute atomic E-state index is 0.608. The molecule has 4 nitrogen and oxygen atoms in total. The van der Waals surface area contributed by atoms with E-state index >= 15 is 0 Å². The van der Waals surface area contributed by atoms with E-state index in [0.717, 1.165) is 25.9 Å². The maximum absolute atomic E-state index is 11.9. The molecule has 0 bridgehead atoms. The summed E-state index contributed by atoms with van der Waals surface area (Å²) in [4.78, 5) is 16.5. The van der Waals surface area contributed by atoms with E-state index in [-0.39, 0.29) is 0 Å². The fourth-order valence-electron chi connectivity index (χ4n) is 2.34. The monoisotopic (exact) mass is 359 g/mol. The lowest BCUT2D eigenvalue weighted by Gasteiger charge is -2.23. The Morgan fingerprint density at radius 2 is 2.04 bits per heavy atom. The van der Waals surface area contributed by atoms with E-state index in [4.69, 9.17) is 4.74 Å². The Kier molecular flexibility index (Phi) is 4.78. The van der Waals surface area contributed by atoms with Crippen molar-refractivity contribution in [3.05, 3.63) is 54.1 Å². The number of fused-ring (bicyclic) bond motifs is 1. The highest BCUT2D eigenvalue weighted by atomic mass is 32.2. The molecule has 0 fully saturated rings. The first-order valence-electron chi connectivity index (χ1n) is 7.54. The molecule has 0 amide bonds. The Morgan fingerprint density at radius 1 is 1.29 bits per heavy atom. The number of hydrogen-bond acceptors (Lipinski definition) is 5. The first-order valence-corrected chi connectivity index (χ1v) is 9.17. The fraction of sp³-hybridized carbons (Fsp3) is 0.222. The van der Waals surface area contributed by atoms with Crippen molar-refractivity contribution in [2.45, 2.75) is 22.9 Å². The quantitative estimate of drug-likeness (QED) is 0.641. The standard InChI is InChI=1S/C18H17NO3S2/c1-3-22-13-9-10-14-15(11-13)23-17(19-14)24-18(2,16(20)21)12-7-5-4-6-8-12/h4-11H,3H2,1-2H3,(H,20,21)/t18-/m1/s1. The molecule has 3 rings (SSSR count). The highest BCUT2D eigenvalue weighted by Gasteiger charge is 2.37. The minimum atomic E-state index is -1.09. The molecule has 1 atom stereocenters. The summed E-state index contributed by atoms with van der Waals surface area (Å²) in [6.45, 7) is 4.26. The van der Waals surface area contributed by atoms with Crippen LogP contribution >= 0.6 is 23.1 Å². The number of nitrogens with zero attached hydrogens (tertiary/aromatic N) is 1. The summed E-state index contributed by atoms with van der Waals surface area (Å²) in [5.74, 6) is -0.0813. The summed E-state index contributed by atoms with van der Waals surface area (Å²) < 4.78 is 6.14. The van der Waals surface area contributed by atoms with Crippen LogP contribution in [-0.4, -0.2) is 22.7 Å². The Balaban J connectivity index is 1.96. The molecule has 0 aliphatic carbocycles. The van der Waals surface area contributed by atoms with Gasteiger partial charge in [0.1, 0.15) is 10.5 Å². The molecule has 0 unspecified atom stereocenters. The molecule has 124 valence electrons. The zero-order chi connectivity index (χ0) is 17.2. The zero-order valence-corrected chi connectivity index (χ0v) is 15.0. The smallest absolute Gasteiger partial charge is 0.324 e. The van der Waals surface area contributed by atoms with Gasteiger partial charge in [-0.05, 0) is 37.6 Å². The van der Waals surface area contributed by atoms with Gasteiger partial charge < -0.3 is 9.84 Å². The van der Waals surface area contributed by atoms with Crippen LogP contribution in [0.4, 0.5) is 0 Å². The van der Waals surface area contributed by atoms with E-state index in [0.29, 0.717) is 6.61 Å². The number of ether oxygens (including phenoxy) is 1. The summed E-state index contributed by atoms with van der Waals surface area (Å²) in [6.07, 6.45) is 0. The van der Waals surface area contributed by atoms with Crippen molar-refractivity contribution >= 4 is 39.3 Å². The Labute approximate surface area is 148 Å². The van der Waals surface area contributed by atoms with Gasteiger partial charge in [0.15, 0.2) is 4.34 Å². The molecule has 2 aromatic carbocycles. The van der Waals surface area contributed by atoms with Crippen LogP contribution in [-0.2, 0) is 9.54 Å². The SMILES string of the molecule is CCOc1ccc2nc(S[C@@](C)(C(=O)O)c3ccccc3)sc2c1. The van der Waals surface area contributed by atoms with E-state index in [9.17, 15) is 9.90 Å². The molecule has 1 N–H and O–H groups in total. The van der Waals surface area contributed by atoms with Crippen LogP contribution in [0.2, 0.25) is 0 Å². The first-order chi connectivity index (χ1) is 11.5. The van der Waals surface area contributed by atoms with Crippen molar-refractivity contribution in [1.29, 1.82) is 0 Å². The number of carboxylic acid groups (broad SMARTS) is 1. The van der Waals surface area contributed by atoms with Crippen molar-refractivity contribution < 1.29 is 14.6 Å². The topological polar surface area (TPSA) is 59.4 Å². The number of carboxylic acids is 1. The normalized spacial score (nSPS) is 13.6. The average molecular weight is 359 g/mol. The summed E-state index contributed by atoms with van der Waals surface area (Å²) in [5, 5.41) is 9.77. The van der Waals surface area contributed by atoms with Gasteiger partial charge in [-0.3, -0.25) is 4.79 Å². The van der Waals surface area contributed by atoms with Crippen molar-refractivity contribution in [1.82, 2.24) is 4.98 Å². The molecule has 0 radical (unpaired) electrons. The third-order valence-electron chi connectivity index (χ3n) is 3.68. The lowest BCUT2D eigenvalue weighted by Crippen LogP contribution is -2.28. The van der Waals surface area contributed by atoms with E-state index in [1.165, 1.54) is 23.1 Å². The zero-order valence-electron chi connectivity index (χ0n) is 13.4. The maximum Gasteiger partial charge on any atom is 0.324 e. The van der Waals surface area contributed by atoms with Crippen molar-refractivity contribution in [3.63, 3.8) is 0 Å². The summed E-state index contributed by atoms with van der Waals surface area (Å²) in [7, 11) is 0. The number of aliphatic carboxylic acids is 1. The van der Waals surface area contributed by atoms with E-state index in [1.54, 1.807) is 6.92 Å². The van der Waals surface area contributed by atoms with Crippen LogP contribution in [0.3, 0.4) is 0 Å². The third kappa shape index (κ3) is 3.25. The molecule has 1 heterocycles. The predicted octanol–water partition coefficient (Wildman–Crippen LogP) is 4.79. The molecular formula is C18H17NO3S2. The molecule has 0 aliphatic heterocycles. The predicted molar refractivity (Wildman–Crippen MR) is 98.1 cm³/mol. The van der Waals surface area contributed by atoms with Gasteiger partial charge in [0, 0.05) is 0 Å². The van der Waals surface area contributed by atoms with Gasteiger partial charge in [-0.25, -0.2) is 4.98 Å². The van der Waals surface area contributed by atoms with Crippen LogP contribution in [0.1, 0.15) is 19.4 Å². The Hall–Kier alpha value is -2.05. The number of hydrogen-bond donors (Lipinski definition) is 1.